The molecule has 1 saturated heterocycles. The van der Waals surface area contributed by atoms with Crippen LogP contribution in [0.3, 0.4) is 0 Å². The molecular weight excluding hydrogens is 396 g/mol. The van der Waals surface area contributed by atoms with Crippen LogP contribution in [0.2, 0.25) is 0 Å². The molecule has 2 aromatic carbocycles. The molecular formula is C23H24N4O2S. The molecule has 0 spiro atoms. The van der Waals surface area contributed by atoms with E-state index in [2.05, 4.69) is 15.1 Å². The first-order valence-corrected chi connectivity index (χ1v) is 10.8. The molecule has 0 atom stereocenters. The van der Waals surface area contributed by atoms with Gasteiger partial charge in [0.1, 0.15) is 17.4 Å². The molecule has 4 rings (SSSR count). The largest absolute Gasteiger partial charge is 0.489 e. The number of nitrogens with zero attached hydrogens (tertiary/aromatic N) is 4. The fourth-order valence-corrected chi connectivity index (χ4v) is 3.96. The quantitative estimate of drug-likeness (QED) is 0.568. The van der Waals surface area contributed by atoms with Crippen LogP contribution in [0, 0.1) is 6.92 Å². The van der Waals surface area contributed by atoms with E-state index in [1.807, 2.05) is 72.5 Å². The van der Waals surface area contributed by atoms with E-state index in [0.717, 1.165) is 40.1 Å². The topological polar surface area (TPSA) is 58.6 Å². The van der Waals surface area contributed by atoms with Gasteiger partial charge in [0.05, 0.1) is 0 Å². The number of piperazine rings is 1. The molecule has 7 heteroatoms. The maximum absolute atomic E-state index is 12.5. The zero-order valence-electron chi connectivity index (χ0n) is 16.9. The predicted octanol–water partition coefficient (Wildman–Crippen LogP) is 3.79. The van der Waals surface area contributed by atoms with Gasteiger partial charge in [-0.25, -0.2) is 0 Å². The van der Waals surface area contributed by atoms with Crippen LogP contribution in [0.15, 0.2) is 60.7 Å². The maximum atomic E-state index is 12.5. The Bertz CT molecular complexity index is 994. The molecule has 0 N–H and O–H groups in total. The van der Waals surface area contributed by atoms with Gasteiger partial charge >= 0.3 is 0 Å². The summed E-state index contributed by atoms with van der Waals surface area (Å²) in [5, 5.41) is 10.2. The van der Waals surface area contributed by atoms with Crippen LogP contribution in [0.25, 0.3) is 6.08 Å². The Morgan fingerprint density at radius 1 is 1.03 bits per heavy atom. The predicted molar refractivity (Wildman–Crippen MR) is 120 cm³/mol. The van der Waals surface area contributed by atoms with Gasteiger partial charge in [0.15, 0.2) is 0 Å². The number of aromatic nitrogens is 2. The first kappa shape index (κ1) is 20.1. The second kappa shape index (κ2) is 9.54. The molecule has 1 aromatic heterocycles. The SMILES string of the molecule is Cc1nnc(N2CCN(C(=O)/C=C/c3ccc(OCc4ccccc4)cc3)CC2)s1. The zero-order chi connectivity index (χ0) is 20.8. The number of carbonyl (C=O) groups is 1. The minimum atomic E-state index is 0.0347. The van der Waals surface area contributed by atoms with Crippen LogP contribution in [-0.4, -0.2) is 47.2 Å². The van der Waals surface area contributed by atoms with Gasteiger partial charge in [-0.15, -0.1) is 10.2 Å². The number of hydrogen-bond acceptors (Lipinski definition) is 6. The molecule has 3 aromatic rings. The summed E-state index contributed by atoms with van der Waals surface area (Å²) in [5.74, 6) is 0.845. The molecule has 30 heavy (non-hydrogen) atoms. The molecule has 1 aliphatic heterocycles. The van der Waals surface area contributed by atoms with Gasteiger partial charge in [0, 0.05) is 32.3 Å². The van der Waals surface area contributed by atoms with Crippen molar-refractivity contribution in [1.82, 2.24) is 15.1 Å². The van der Waals surface area contributed by atoms with Crippen molar-refractivity contribution < 1.29 is 9.53 Å². The van der Waals surface area contributed by atoms with Crippen LogP contribution in [0.1, 0.15) is 16.1 Å². The summed E-state index contributed by atoms with van der Waals surface area (Å²) in [4.78, 5) is 16.6. The molecule has 1 amide bonds. The Morgan fingerprint density at radius 2 is 1.77 bits per heavy atom. The summed E-state index contributed by atoms with van der Waals surface area (Å²) in [6.07, 6.45) is 3.49. The lowest BCUT2D eigenvalue weighted by Gasteiger charge is -2.33. The van der Waals surface area contributed by atoms with Gasteiger partial charge in [-0.2, -0.15) is 0 Å². The number of ether oxygens (including phenoxy) is 1. The Kier molecular flexibility index (Phi) is 6.39. The molecule has 0 aliphatic carbocycles. The van der Waals surface area contributed by atoms with Crippen molar-refractivity contribution in [2.75, 3.05) is 31.1 Å². The average molecular weight is 421 g/mol. The van der Waals surface area contributed by atoms with E-state index in [1.165, 1.54) is 0 Å². The van der Waals surface area contributed by atoms with E-state index in [9.17, 15) is 4.79 Å². The number of benzene rings is 2. The number of anilines is 1. The van der Waals surface area contributed by atoms with Crippen LogP contribution < -0.4 is 9.64 Å². The fourth-order valence-electron chi connectivity index (χ4n) is 3.22. The second-order valence-corrected chi connectivity index (χ2v) is 8.25. The highest BCUT2D eigenvalue weighted by Crippen LogP contribution is 2.21. The van der Waals surface area contributed by atoms with Gasteiger partial charge in [-0.3, -0.25) is 4.79 Å². The third kappa shape index (κ3) is 5.24. The minimum Gasteiger partial charge on any atom is -0.489 e. The third-order valence-electron chi connectivity index (χ3n) is 4.92. The van der Waals surface area contributed by atoms with E-state index in [1.54, 1.807) is 17.4 Å². The molecule has 6 nitrogen and oxygen atoms in total. The number of rotatable bonds is 6. The first-order valence-electron chi connectivity index (χ1n) is 9.96. The summed E-state index contributed by atoms with van der Waals surface area (Å²) in [6, 6.07) is 17.8. The number of carbonyl (C=O) groups excluding carboxylic acids is 1. The van der Waals surface area contributed by atoms with Crippen molar-refractivity contribution in [1.29, 1.82) is 0 Å². The highest BCUT2D eigenvalue weighted by atomic mass is 32.1. The monoisotopic (exact) mass is 420 g/mol. The lowest BCUT2D eigenvalue weighted by molar-refractivity contribution is -0.126. The summed E-state index contributed by atoms with van der Waals surface area (Å²) in [7, 11) is 0. The van der Waals surface area contributed by atoms with E-state index in [0.29, 0.717) is 19.7 Å². The summed E-state index contributed by atoms with van der Waals surface area (Å²) < 4.78 is 5.80. The number of amides is 1. The van der Waals surface area contributed by atoms with Crippen LogP contribution in [0.5, 0.6) is 5.75 Å². The lowest BCUT2D eigenvalue weighted by Crippen LogP contribution is -2.48. The molecule has 2 heterocycles. The third-order valence-corrected chi connectivity index (χ3v) is 5.82. The highest BCUT2D eigenvalue weighted by molar-refractivity contribution is 7.15. The number of aryl methyl sites for hydroxylation is 1. The molecule has 154 valence electrons. The van der Waals surface area contributed by atoms with E-state index >= 15 is 0 Å². The average Bonchev–Trinajstić information content (AvgIpc) is 3.24. The molecule has 0 unspecified atom stereocenters. The van der Waals surface area contributed by atoms with Crippen LogP contribution in [-0.2, 0) is 11.4 Å². The Morgan fingerprint density at radius 3 is 2.43 bits per heavy atom. The van der Waals surface area contributed by atoms with Crippen molar-refractivity contribution in [2.24, 2.45) is 0 Å². The van der Waals surface area contributed by atoms with Crippen molar-refractivity contribution in [3.63, 3.8) is 0 Å². The van der Waals surface area contributed by atoms with Crippen molar-refractivity contribution in [2.45, 2.75) is 13.5 Å². The Balaban J connectivity index is 1.26. The lowest BCUT2D eigenvalue weighted by atomic mass is 10.2. The van der Waals surface area contributed by atoms with Crippen molar-refractivity contribution in [3.8, 4) is 5.75 Å². The summed E-state index contributed by atoms with van der Waals surface area (Å²) in [5.41, 5.74) is 2.10. The van der Waals surface area contributed by atoms with Gasteiger partial charge in [0.2, 0.25) is 11.0 Å². The van der Waals surface area contributed by atoms with E-state index in [-0.39, 0.29) is 5.91 Å². The Hall–Kier alpha value is -3.19. The van der Waals surface area contributed by atoms with Gasteiger partial charge in [-0.1, -0.05) is 53.8 Å². The maximum Gasteiger partial charge on any atom is 0.246 e. The van der Waals surface area contributed by atoms with Gasteiger partial charge in [-0.05, 0) is 36.3 Å². The summed E-state index contributed by atoms with van der Waals surface area (Å²) >= 11 is 1.59. The molecule has 1 fully saturated rings. The molecule has 0 saturated carbocycles. The first-order chi connectivity index (χ1) is 14.7. The van der Waals surface area contributed by atoms with Crippen molar-refractivity contribution in [3.05, 3.63) is 76.8 Å². The minimum absolute atomic E-state index is 0.0347. The summed E-state index contributed by atoms with van der Waals surface area (Å²) in [6.45, 7) is 5.43. The zero-order valence-corrected chi connectivity index (χ0v) is 17.7. The second-order valence-electron chi connectivity index (χ2n) is 7.09. The molecule has 1 aliphatic rings. The van der Waals surface area contributed by atoms with Crippen LogP contribution >= 0.6 is 11.3 Å². The van der Waals surface area contributed by atoms with Gasteiger partial charge in [0.25, 0.3) is 0 Å². The standard InChI is InChI=1S/C23H24N4O2S/c1-18-24-25-23(30-18)27-15-13-26(14-16-27)22(28)12-9-19-7-10-21(11-8-19)29-17-20-5-3-2-4-6-20/h2-12H,13-17H2,1H3/b12-9+. The normalized spacial score (nSPS) is 14.3. The molecule has 0 radical (unpaired) electrons. The van der Waals surface area contributed by atoms with Crippen LogP contribution in [0.4, 0.5) is 5.13 Å². The fraction of sp³-hybridized carbons (Fsp3) is 0.261. The number of hydrogen-bond donors (Lipinski definition) is 0. The smallest absolute Gasteiger partial charge is 0.246 e. The van der Waals surface area contributed by atoms with Gasteiger partial charge < -0.3 is 14.5 Å². The van der Waals surface area contributed by atoms with E-state index < -0.39 is 0 Å². The van der Waals surface area contributed by atoms with E-state index in [4.69, 9.17) is 4.74 Å². The highest BCUT2D eigenvalue weighted by Gasteiger charge is 2.21. The molecule has 0 bridgehead atoms. The van der Waals surface area contributed by atoms with Crippen molar-refractivity contribution >= 4 is 28.5 Å². The Labute approximate surface area is 180 Å².